The van der Waals surface area contributed by atoms with E-state index in [2.05, 4.69) is 4.98 Å². The Morgan fingerprint density at radius 1 is 0.862 bits per heavy atom. The van der Waals surface area contributed by atoms with Crippen molar-refractivity contribution in [2.24, 2.45) is 0 Å². The van der Waals surface area contributed by atoms with E-state index in [4.69, 9.17) is 0 Å². The zero-order chi connectivity index (χ0) is 21.1. The molecule has 8 nitrogen and oxygen atoms in total. The lowest BCUT2D eigenvalue weighted by Crippen LogP contribution is -2.49. The topological polar surface area (TPSA) is 92.1 Å². The van der Waals surface area contributed by atoms with Gasteiger partial charge in [-0.15, -0.1) is 0 Å². The van der Waals surface area contributed by atoms with Crippen molar-refractivity contribution in [3.05, 3.63) is 48.7 Å². The number of hydrogen-bond donors (Lipinski definition) is 0. The average molecular weight is 440 g/mol. The Hall–Kier alpha value is -2.01. The zero-order valence-electron chi connectivity index (χ0n) is 16.7. The number of hydrogen-bond acceptors (Lipinski definition) is 5. The quantitative estimate of drug-likeness (QED) is 0.643. The van der Waals surface area contributed by atoms with Crippen LogP contribution in [0.1, 0.15) is 13.8 Å². The van der Waals surface area contributed by atoms with Crippen LogP contribution in [0.4, 0.5) is 5.82 Å². The summed E-state index contributed by atoms with van der Waals surface area (Å²) in [4.78, 5) is 5.59. The van der Waals surface area contributed by atoms with Crippen molar-refractivity contribution in [3.63, 3.8) is 0 Å². The number of H-pyrrole nitrogens is 1. The number of benzene rings is 1. The van der Waals surface area contributed by atoms with Crippen LogP contribution in [-0.4, -0.2) is 64.7 Å². The molecule has 1 saturated heterocycles. The van der Waals surface area contributed by atoms with Crippen LogP contribution >= 0.6 is 0 Å². The molecule has 0 atom stereocenters. The fourth-order valence-electron chi connectivity index (χ4n) is 3.38. The lowest BCUT2D eigenvalue weighted by atomic mass is 10.3. The second-order valence-electron chi connectivity index (χ2n) is 6.70. The lowest BCUT2D eigenvalue weighted by Gasteiger charge is -2.30. The highest BCUT2D eigenvalue weighted by Gasteiger charge is 2.32. The monoisotopic (exact) mass is 439 g/mol. The molecule has 0 bridgehead atoms. The third kappa shape index (κ3) is 4.45. The molecule has 3 rings (SSSR count). The molecular weight excluding hydrogens is 412 g/mol. The highest BCUT2D eigenvalue weighted by molar-refractivity contribution is 7.89. The number of pyridine rings is 1. The van der Waals surface area contributed by atoms with E-state index in [0.717, 1.165) is 5.82 Å². The van der Waals surface area contributed by atoms with Gasteiger partial charge in [0.1, 0.15) is 11.1 Å². The number of nitrogens with one attached hydrogen (secondary N) is 1. The first-order valence-corrected chi connectivity index (χ1v) is 12.5. The number of aromatic nitrogens is 1. The summed E-state index contributed by atoms with van der Waals surface area (Å²) < 4.78 is 53.5. The fourth-order valence-corrected chi connectivity index (χ4v) is 6.25. The molecule has 10 heteroatoms. The molecule has 0 amide bonds. The standard InChI is InChI=1S/C19H26N4O4S2/c1-3-22(4-2)29(26,27)18-10-11-19(20-16-18)21-12-14-23(15-13-21)28(24,25)17-8-6-5-7-9-17/h5-11,16H,3-4,12-15H2,1-2H3/p+1. The third-order valence-corrected chi connectivity index (χ3v) is 9.03. The zero-order valence-corrected chi connectivity index (χ0v) is 18.3. The minimum absolute atomic E-state index is 0.218. The van der Waals surface area contributed by atoms with Crippen LogP contribution in [0.5, 0.6) is 0 Å². The fraction of sp³-hybridized carbons (Fsp3) is 0.421. The van der Waals surface area contributed by atoms with Crippen LogP contribution in [-0.2, 0) is 20.0 Å². The molecule has 1 aromatic heterocycles. The predicted molar refractivity (Wildman–Crippen MR) is 111 cm³/mol. The van der Waals surface area contributed by atoms with Gasteiger partial charge in [-0.1, -0.05) is 32.0 Å². The van der Waals surface area contributed by atoms with E-state index in [1.807, 2.05) is 18.7 Å². The molecule has 0 radical (unpaired) electrons. The highest BCUT2D eigenvalue weighted by atomic mass is 32.2. The van der Waals surface area contributed by atoms with Gasteiger partial charge < -0.3 is 0 Å². The summed E-state index contributed by atoms with van der Waals surface area (Å²) in [5.41, 5.74) is 0. The summed E-state index contributed by atoms with van der Waals surface area (Å²) in [5.74, 6) is 0.764. The maximum absolute atomic E-state index is 12.7. The average Bonchev–Trinajstić information content (AvgIpc) is 2.75. The van der Waals surface area contributed by atoms with E-state index >= 15 is 0 Å². The maximum Gasteiger partial charge on any atom is 0.274 e. The lowest BCUT2D eigenvalue weighted by molar-refractivity contribution is -0.367. The van der Waals surface area contributed by atoms with Crippen LogP contribution in [0.3, 0.4) is 0 Å². The molecule has 1 aliphatic heterocycles. The first-order valence-electron chi connectivity index (χ1n) is 9.62. The molecule has 1 aromatic carbocycles. The third-order valence-electron chi connectivity index (χ3n) is 5.07. The molecule has 0 spiro atoms. The molecule has 0 saturated carbocycles. The SMILES string of the molecule is CCN(CC)S(=O)(=O)c1ccc(N2CCN(S(=O)(=O)c3ccccc3)CC2)[nH+]c1. The van der Waals surface area contributed by atoms with Crippen molar-refractivity contribution in [2.75, 3.05) is 44.2 Å². The molecule has 1 N–H and O–H groups in total. The Morgan fingerprint density at radius 3 is 2.00 bits per heavy atom. The van der Waals surface area contributed by atoms with Crippen molar-refractivity contribution < 1.29 is 21.8 Å². The number of anilines is 1. The summed E-state index contributed by atoms with van der Waals surface area (Å²) >= 11 is 0. The second-order valence-corrected chi connectivity index (χ2v) is 10.6. The van der Waals surface area contributed by atoms with Crippen LogP contribution in [0.25, 0.3) is 0 Å². The van der Waals surface area contributed by atoms with E-state index in [1.54, 1.807) is 42.5 Å². The summed E-state index contributed by atoms with van der Waals surface area (Å²) in [6, 6.07) is 11.7. The molecule has 1 fully saturated rings. The van der Waals surface area contributed by atoms with Gasteiger partial charge in [-0.25, -0.2) is 21.8 Å². The van der Waals surface area contributed by atoms with Crippen molar-refractivity contribution in [1.29, 1.82) is 0 Å². The molecule has 1 aliphatic rings. The first-order chi connectivity index (χ1) is 13.8. The van der Waals surface area contributed by atoms with Gasteiger partial charge in [0.2, 0.25) is 20.0 Å². The number of sulfonamides is 2. The Morgan fingerprint density at radius 2 is 1.48 bits per heavy atom. The molecular formula is C19H27N4O4S2+. The van der Waals surface area contributed by atoms with E-state index in [1.165, 1.54) is 14.8 Å². The predicted octanol–water partition coefficient (Wildman–Crippen LogP) is 1.04. The summed E-state index contributed by atoms with van der Waals surface area (Å²) in [6.45, 7) is 6.21. The van der Waals surface area contributed by atoms with Crippen LogP contribution in [0.15, 0.2) is 58.5 Å². The van der Waals surface area contributed by atoms with E-state index in [9.17, 15) is 16.8 Å². The minimum Gasteiger partial charge on any atom is -0.259 e. The van der Waals surface area contributed by atoms with Gasteiger partial charge in [-0.05, 0) is 18.2 Å². The number of piperazine rings is 1. The van der Waals surface area contributed by atoms with Gasteiger partial charge in [0.25, 0.3) is 5.82 Å². The van der Waals surface area contributed by atoms with Crippen LogP contribution in [0, 0.1) is 0 Å². The smallest absolute Gasteiger partial charge is 0.259 e. The molecule has 2 heterocycles. The summed E-state index contributed by atoms with van der Waals surface area (Å²) in [6.07, 6.45) is 1.50. The molecule has 0 aliphatic carbocycles. The molecule has 2 aromatic rings. The van der Waals surface area contributed by atoms with E-state index < -0.39 is 20.0 Å². The normalized spacial score (nSPS) is 16.3. The Bertz CT molecular complexity index is 1010. The van der Waals surface area contributed by atoms with Crippen LogP contribution in [0.2, 0.25) is 0 Å². The largest absolute Gasteiger partial charge is 0.274 e. The van der Waals surface area contributed by atoms with Gasteiger partial charge in [0.05, 0.1) is 31.1 Å². The Kier molecular flexibility index (Phi) is 6.57. The van der Waals surface area contributed by atoms with E-state index in [0.29, 0.717) is 44.2 Å². The van der Waals surface area contributed by atoms with Gasteiger partial charge in [0.15, 0.2) is 0 Å². The Labute approximate surface area is 172 Å². The summed E-state index contributed by atoms with van der Waals surface area (Å²) in [5, 5.41) is 0. The van der Waals surface area contributed by atoms with Crippen molar-refractivity contribution in [1.82, 2.24) is 8.61 Å². The Balaban J connectivity index is 1.69. The molecule has 29 heavy (non-hydrogen) atoms. The van der Waals surface area contributed by atoms with Crippen molar-refractivity contribution >= 4 is 25.9 Å². The van der Waals surface area contributed by atoms with Gasteiger partial charge >= 0.3 is 0 Å². The maximum atomic E-state index is 12.7. The minimum atomic E-state index is -3.51. The van der Waals surface area contributed by atoms with Crippen LogP contribution < -0.4 is 9.88 Å². The van der Waals surface area contributed by atoms with Crippen molar-refractivity contribution in [3.8, 4) is 0 Å². The number of aromatic amines is 1. The highest BCUT2D eigenvalue weighted by Crippen LogP contribution is 2.20. The van der Waals surface area contributed by atoms with Gasteiger partial charge in [-0.3, -0.25) is 4.90 Å². The second kappa shape index (κ2) is 8.78. The molecule has 158 valence electrons. The van der Waals surface area contributed by atoms with Gasteiger partial charge in [0, 0.05) is 19.2 Å². The first kappa shape index (κ1) is 21.7. The number of nitrogens with zero attached hydrogens (tertiary/aromatic N) is 3. The van der Waals surface area contributed by atoms with E-state index in [-0.39, 0.29) is 4.90 Å². The van der Waals surface area contributed by atoms with Crippen molar-refractivity contribution in [2.45, 2.75) is 23.6 Å². The number of rotatable bonds is 7. The van der Waals surface area contributed by atoms with Gasteiger partial charge in [-0.2, -0.15) is 8.61 Å². The molecule has 0 unspecified atom stereocenters. The summed E-state index contributed by atoms with van der Waals surface area (Å²) in [7, 11) is -7.01.